The number of nitrogens with zero attached hydrogens (tertiary/aromatic N) is 2. The van der Waals surface area contributed by atoms with E-state index in [2.05, 4.69) is 11.4 Å². The summed E-state index contributed by atoms with van der Waals surface area (Å²) in [6.07, 6.45) is 0. The lowest BCUT2D eigenvalue weighted by Crippen LogP contribution is -2.32. The van der Waals surface area contributed by atoms with Crippen molar-refractivity contribution in [1.82, 2.24) is 10.2 Å². The van der Waals surface area contributed by atoms with Gasteiger partial charge in [-0.3, -0.25) is 9.69 Å². The molecule has 6 heteroatoms. The van der Waals surface area contributed by atoms with E-state index in [0.717, 1.165) is 17.1 Å². The Morgan fingerprint density at radius 1 is 1.47 bits per heavy atom. The zero-order chi connectivity index (χ0) is 13.7. The fraction of sp³-hybridized carbons (Fsp3) is 0.308. The number of thiocarbonyl (C=S) groups is 1. The van der Waals surface area contributed by atoms with Gasteiger partial charge in [0, 0.05) is 18.1 Å². The van der Waals surface area contributed by atoms with Crippen molar-refractivity contribution in [3.63, 3.8) is 0 Å². The summed E-state index contributed by atoms with van der Waals surface area (Å²) in [7, 11) is 0. The van der Waals surface area contributed by atoms with Crippen molar-refractivity contribution in [1.29, 1.82) is 5.26 Å². The van der Waals surface area contributed by atoms with Gasteiger partial charge in [-0.2, -0.15) is 17.0 Å². The second-order valence-electron chi connectivity index (χ2n) is 4.03. The maximum Gasteiger partial charge on any atom is 0.248 e. The van der Waals surface area contributed by atoms with E-state index in [9.17, 15) is 4.79 Å². The predicted molar refractivity (Wildman–Crippen MR) is 79.6 cm³/mol. The Morgan fingerprint density at radius 2 is 2.26 bits per heavy atom. The number of thioether (sulfide) groups is 1. The summed E-state index contributed by atoms with van der Waals surface area (Å²) >= 11 is 6.74. The quantitative estimate of drug-likeness (QED) is 0.658. The van der Waals surface area contributed by atoms with Crippen molar-refractivity contribution in [2.45, 2.75) is 5.75 Å². The zero-order valence-electron chi connectivity index (χ0n) is 10.3. The van der Waals surface area contributed by atoms with E-state index < -0.39 is 0 Å². The van der Waals surface area contributed by atoms with E-state index in [4.69, 9.17) is 17.5 Å². The molecule has 0 bridgehead atoms. The minimum absolute atomic E-state index is 0.0306. The third kappa shape index (κ3) is 3.46. The number of hydrogen-bond acceptors (Lipinski definition) is 4. The molecule has 1 heterocycles. The van der Waals surface area contributed by atoms with Crippen LogP contribution in [0.3, 0.4) is 0 Å². The standard InChI is InChI=1S/C13H13N3OS2/c14-7-10-3-1-2-4-11(10)9-19-6-5-16-12(17)8-15-13(16)18/h1-4H,5-6,8-9H2,(H,15,18). The molecule has 2 rings (SSSR count). The van der Waals surface area contributed by atoms with Gasteiger partial charge >= 0.3 is 0 Å². The Labute approximate surface area is 121 Å². The highest BCUT2D eigenvalue weighted by Crippen LogP contribution is 2.16. The second-order valence-corrected chi connectivity index (χ2v) is 5.52. The van der Waals surface area contributed by atoms with Crippen LogP contribution in [0, 0.1) is 11.3 Å². The Hall–Kier alpha value is -1.58. The molecule has 1 aliphatic rings. The van der Waals surface area contributed by atoms with Crippen LogP contribution in [0.5, 0.6) is 0 Å². The van der Waals surface area contributed by atoms with Crippen LogP contribution in [-0.4, -0.2) is 34.8 Å². The number of hydrogen-bond donors (Lipinski definition) is 1. The maximum absolute atomic E-state index is 11.5. The summed E-state index contributed by atoms with van der Waals surface area (Å²) in [4.78, 5) is 13.1. The number of carbonyl (C=O) groups is 1. The SMILES string of the molecule is N#Cc1ccccc1CSCCN1C(=O)CNC1=S. The fourth-order valence-electron chi connectivity index (χ4n) is 1.77. The topological polar surface area (TPSA) is 56.1 Å². The molecular formula is C13H13N3OS2. The summed E-state index contributed by atoms with van der Waals surface area (Å²) in [5.41, 5.74) is 1.74. The largest absolute Gasteiger partial charge is 0.353 e. The molecule has 0 atom stereocenters. The van der Waals surface area contributed by atoms with E-state index in [1.165, 1.54) is 0 Å². The van der Waals surface area contributed by atoms with Crippen LogP contribution in [-0.2, 0) is 10.5 Å². The lowest BCUT2D eigenvalue weighted by Gasteiger charge is -2.14. The minimum atomic E-state index is 0.0306. The molecule has 0 aliphatic carbocycles. The Bertz CT molecular complexity index is 523. The van der Waals surface area contributed by atoms with Gasteiger partial charge in [-0.1, -0.05) is 18.2 Å². The molecule has 19 heavy (non-hydrogen) atoms. The monoisotopic (exact) mass is 291 g/mol. The number of nitriles is 1. The van der Waals surface area contributed by atoms with Crippen molar-refractivity contribution in [2.75, 3.05) is 18.8 Å². The first-order valence-electron chi connectivity index (χ1n) is 5.86. The molecule has 1 aromatic rings. The van der Waals surface area contributed by atoms with Gasteiger partial charge in [-0.25, -0.2) is 0 Å². The Kier molecular flexibility index (Phi) is 4.77. The van der Waals surface area contributed by atoms with Crippen LogP contribution in [0.4, 0.5) is 0 Å². The van der Waals surface area contributed by atoms with Crippen LogP contribution >= 0.6 is 24.0 Å². The molecule has 0 aromatic heterocycles. The third-order valence-corrected chi connectivity index (χ3v) is 4.14. The molecule has 1 aromatic carbocycles. The first kappa shape index (κ1) is 13.8. The smallest absolute Gasteiger partial charge is 0.248 e. The minimum Gasteiger partial charge on any atom is -0.353 e. The average molecular weight is 291 g/mol. The molecule has 0 spiro atoms. The fourth-order valence-corrected chi connectivity index (χ4v) is 2.97. The van der Waals surface area contributed by atoms with Crippen molar-refractivity contribution < 1.29 is 4.79 Å². The molecule has 98 valence electrons. The maximum atomic E-state index is 11.5. The van der Waals surface area contributed by atoms with Gasteiger partial charge in [0.25, 0.3) is 0 Å². The van der Waals surface area contributed by atoms with Crippen LogP contribution in [0.1, 0.15) is 11.1 Å². The summed E-state index contributed by atoms with van der Waals surface area (Å²) < 4.78 is 0. The van der Waals surface area contributed by atoms with Crippen molar-refractivity contribution in [3.8, 4) is 6.07 Å². The van der Waals surface area contributed by atoms with Gasteiger partial charge in [0.1, 0.15) is 0 Å². The molecule has 0 unspecified atom stereocenters. The van der Waals surface area contributed by atoms with Crippen molar-refractivity contribution in [3.05, 3.63) is 35.4 Å². The summed E-state index contributed by atoms with van der Waals surface area (Å²) in [6.45, 7) is 0.921. The number of benzene rings is 1. The second kappa shape index (κ2) is 6.55. The zero-order valence-corrected chi connectivity index (χ0v) is 11.9. The van der Waals surface area contributed by atoms with Gasteiger partial charge in [-0.15, -0.1) is 0 Å². The summed E-state index contributed by atoms with van der Waals surface area (Å²) in [5.74, 6) is 1.60. The average Bonchev–Trinajstić information content (AvgIpc) is 2.75. The highest BCUT2D eigenvalue weighted by molar-refractivity contribution is 7.98. The summed E-state index contributed by atoms with van der Waals surface area (Å²) in [6, 6.07) is 9.75. The van der Waals surface area contributed by atoms with Gasteiger partial charge in [0.05, 0.1) is 18.2 Å². The molecule has 4 nitrogen and oxygen atoms in total. The van der Waals surface area contributed by atoms with Crippen LogP contribution < -0.4 is 5.32 Å². The lowest BCUT2D eigenvalue weighted by molar-refractivity contribution is -0.124. The number of carbonyl (C=O) groups excluding carboxylic acids is 1. The third-order valence-electron chi connectivity index (χ3n) is 2.79. The first-order valence-corrected chi connectivity index (χ1v) is 7.42. The van der Waals surface area contributed by atoms with Crippen molar-refractivity contribution in [2.24, 2.45) is 0 Å². The molecule has 1 N–H and O–H groups in total. The molecule has 1 amide bonds. The van der Waals surface area contributed by atoms with Crippen LogP contribution in [0.2, 0.25) is 0 Å². The number of nitrogens with one attached hydrogen (secondary N) is 1. The molecule has 1 fully saturated rings. The van der Waals surface area contributed by atoms with Gasteiger partial charge in [0.2, 0.25) is 5.91 Å². The van der Waals surface area contributed by atoms with E-state index in [-0.39, 0.29) is 5.91 Å². The highest BCUT2D eigenvalue weighted by Gasteiger charge is 2.24. The summed E-state index contributed by atoms with van der Waals surface area (Å²) in [5, 5.41) is 12.3. The van der Waals surface area contributed by atoms with Crippen LogP contribution in [0.25, 0.3) is 0 Å². The number of amides is 1. The van der Waals surface area contributed by atoms with Gasteiger partial charge < -0.3 is 5.32 Å². The normalized spacial score (nSPS) is 14.4. The lowest BCUT2D eigenvalue weighted by atomic mass is 10.1. The molecule has 0 radical (unpaired) electrons. The Morgan fingerprint density at radius 3 is 2.95 bits per heavy atom. The van der Waals surface area contributed by atoms with Crippen molar-refractivity contribution >= 4 is 35.0 Å². The Balaban J connectivity index is 1.80. The van der Waals surface area contributed by atoms with E-state index in [0.29, 0.717) is 23.8 Å². The first-order chi connectivity index (χ1) is 9.22. The van der Waals surface area contributed by atoms with Gasteiger partial charge in [0.15, 0.2) is 5.11 Å². The number of rotatable bonds is 5. The molecular weight excluding hydrogens is 278 g/mol. The van der Waals surface area contributed by atoms with Crippen LogP contribution in [0.15, 0.2) is 24.3 Å². The molecule has 1 saturated heterocycles. The highest BCUT2D eigenvalue weighted by atomic mass is 32.2. The predicted octanol–water partition coefficient (Wildman–Crippen LogP) is 1.51. The molecule has 1 aliphatic heterocycles. The van der Waals surface area contributed by atoms with E-state index >= 15 is 0 Å². The molecule has 0 saturated carbocycles. The van der Waals surface area contributed by atoms with E-state index in [1.54, 1.807) is 16.7 Å². The van der Waals surface area contributed by atoms with Gasteiger partial charge in [-0.05, 0) is 23.8 Å². The van der Waals surface area contributed by atoms with E-state index in [1.807, 2.05) is 24.3 Å².